The van der Waals surface area contributed by atoms with Crippen molar-refractivity contribution in [2.75, 3.05) is 45.3 Å². The molecule has 2 N–H and O–H groups in total. The van der Waals surface area contributed by atoms with Crippen molar-refractivity contribution in [3.8, 4) is 5.75 Å². The Morgan fingerprint density at radius 1 is 1.34 bits per heavy atom. The molecule has 1 fully saturated rings. The average molecular weight is 539 g/mol. The van der Waals surface area contributed by atoms with Crippen molar-refractivity contribution in [3.05, 3.63) is 23.2 Å². The summed E-state index contributed by atoms with van der Waals surface area (Å²) in [4.78, 5) is 18.1. The minimum Gasteiger partial charge on any atom is -0.495 e. The molecule has 1 unspecified atom stereocenters. The van der Waals surface area contributed by atoms with Crippen molar-refractivity contribution < 1.29 is 14.3 Å². The molecule has 7 nitrogen and oxygen atoms in total. The van der Waals surface area contributed by atoms with E-state index in [1.54, 1.807) is 7.11 Å². The molecule has 0 bridgehead atoms. The topological polar surface area (TPSA) is 75.2 Å². The maximum Gasteiger partial charge on any atom is 0.305 e. The number of nitrogens with zero attached hydrogens (tertiary/aromatic N) is 2. The van der Waals surface area contributed by atoms with E-state index in [0.29, 0.717) is 18.0 Å². The molecule has 1 aliphatic rings. The van der Waals surface area contributed by atoms with Gasteiger partial charge in [-0.2, -0.15) is 0 Å². The van der Waals surface area contributed by atoms with Crippen LogP contribution in [0.3, 0.4) is 0 Å². The lowest BCUT2D eigenvalue weighted by molar-refractivity contribution is -0.140. The summed E-state index contributed by atoms with van der Waals surface area (Å²) in [5, 5.41) is 7.50. The van der Waals surface area contributed by atoms with Crippen molar-refractivity contribution in [2.24, 2.45) is 4.99 Å². The maximum absolute atomic E-state index is 11.2. The van der Waals surface area contributed by atoms with Crippen LogP contribution in [-0.2, 0) is 9.53 Å². The molecule has 0 amide bonds. The van der Waals surface area contributed by atoms with Gasteiger partial charge in [-0.1, -0.05) is 11.6 Å². The normalized spacial score (nSPS) is 16.2. The number of ether oxygens (including phenoxy) is 2. The van der Waals surface area contributed by atoms with Crippen molar-refractivity contribution in [3.63, 3.8) is 0 Å². The molecule has 1 saturated heterocycles. The number of halogens is 2. The van der Waals surface area contributed by atoms with Crippen LogP contribution < -0.4 is 20.3 Å². The molecular formula is C20H32ClIN4O3. The molecular weight excluding hydrogens is 507 g/mol. The SMILES string of the molecule is CCNC(=NCCCCC(=O)OC)NC1CCN(c2cc(Cl)ccc2OC)C1.I. The first-order valence-corrected chi connectivity index (χ1v) is 10.1. The Labute approximate surface area is 195 Å². The van der Waals surface area contributed by atoms with Crippen molar-refractivity contribution in [1.29, 1.82) is 0 Å². The van der Waals surface area contributed by atoms with Crippen LogP contribution in [0.4, 0.5) is 5.69 Å². The van der Waals surface area contributed by atoms with Crippen LogP contribution in [0.25, 0.3) is 0 Å². The fourth-order valence-corrected chi connectivity index (χ4v) is 3.36. The summed E-state index contributed by atoms with van der Waals surface area (Å²) in [6, 6.07) is 5.98. The van der Waals surface area contributed by atoms with Gasteiger partial charge < -0.3 is 25.0 Å². The quantitative estimate of drug-likeness (QED) is 0.165. The standard InChI is InChI=1S/C20H31ClN4O3.HI/c1-4-22-20(23-11-6-5-7-19(26)28-3)24-16-10-12-25(14-16)17-13-15(21)8-9-18(17)27-2;/h8-9,13,16H,4-7,10-12,14H2,1-3H3,(H2,22,23,24);1H. The zero-order valence-electron chi connectivity index (χ0n) is 17.4. The fraction of sp³-hybridized carbons (Fsp3) is 0.600. The fourth-order valence-electron chi connectivity index (χ4n) is 3.19. The molecule has 1 atom stereocenters. The van der Waals surface area contributed by atoms with Gasteiger partial charge in [0.2, 0.25) is 0 Å². The number of nitrogens with one attached hydrogen (secondary N) is 2. The second-order valence-corrected chi connectivity index (χ2v) is 7.12. The molecule has 0 saturated carbocycles. The molecule has 1 aromatic carbocycles. The second kappa shape index (κ2) is 13.7. The lowest BCUT2D eigenvalue weighted by atomic mass is 10.2. The third kappa shape index (κ3) is 8.46. The molecule has 0 radical (unpaired) electrons. The first-order chi connectivity index (χ1) is 13.6. The predicted octanol–water partition coefficient (Wildman–Crippen LogP) is 3.44. The Kier molecular flexibility index (Phi) is 12.1. The number of esters is 1. The Bertz CT molecular complexity index is 675. The average Bonchev–Trinajstić information content (AvgIpc) is 3.15. The number of unbranched alkanes of at least 4 members (excludes halogenated alkanes) is 1. The van der Waals surface area contributed by atoms with Gasteiger partial charge in [0.15, 0.2) is 5.96 Å². The first kappa shape index (κ1) is 25.6. The van der Waals surface area contributed by atoms with Gasteiger partial charge in [-0.3, -0.25) is 9.79 Å². The lowest BCUT2D eigenvalue weighted by Gasteiger charge is -2.22. The van der Waals surface area contributed by atoms with E-state index >= 15 is 0 Å². The van der Waals surface area contributed by atoms with Gasteiger partial charge in [-0.05, 0) is 44.4 Å². The van der Waals surface area contributed by atoms with E-state index in [9.17, 15) is 4.79 Å². The van der Waals surface area contributed by atoms with E-state index in [4.69, 9.17) is 16.3 Å². The maximum atomic E-state index is 11.2. The van der Waals surface area contributed by atoms with Crippen LogP contribution in [0, 0.1) is 0 Å². The summed E-state index contributed by atoms with van der Waals surface area (Å²) in [5.74, 6) is 1.47. The third-order valence-electron chi connectivity index (χ3n) is 4.64. The Balaban J connectivity index is 0.00000420. The lowest BCUT2D eigenvalue weighted by Crippen LogP contribution is -2.44. The Hall–Kier alpha value is -1.42. The van der Waals surface area contributed by atoms with E-state index in [1.807, 2.05) is 25.1 Å². The van der Waals surface area contributed by atoms with E-state index < -0.39 is 0 Å². The number of hydrogen-bond acceptors (Lipinski definition) is 5. The van der Waals surface area contributed by atoms with Crippen molar-refractivity contribution in [2.45, 2.75) is 38.6 Å². The minimum absolute atomic E-state index is 0. The third-order valence-corrected chi connectivity index (χ3v) is 4.88. The second-order valence-electron chi connectivity index (χ2n) is 6.69. The molecule has 164 valence electrons. The van der Waals surface area contributed by atoms with Gasteiger partial charge in [0.05, 0.1) is 19.9 Å². The molecule has 9 heteroatoms. The summed E-state index contributed by atoms with van der Waals surface area (Å²) in [7, 11) is 3.09. The highest BCUT2D eigenvalue weighted by Gasteiger charge is 2.25. The molecule has 0 aliphatic carbocycles. The van der Waals surface area contributed by atoms with E-state index in [1.165, 1.54) is 7.11 Å². The highest BCUT2D eigenvalue weighted by molar-refractivity contribution is 14.0. The van der Waals surface area contributed by atoms with Crippen LogP contribution >= 0.6 is 35.6 Å². The number of rotatable bonds is 9. The summed E-state index contributed by atoms with van der Waals surface area (Å²) in [5.41, 5.74) is 1.02. The largest absolute Gasteiger partial charge is 0.495 e. The van der Waals surface area contributed by atoms with Crippen LogP contribution in [0.2, 0.25) is 5.02 Å². The van der Waals surface area contributed by atoms with Gasteiger partial charge in [-0.15, -0.1) is 24.0 Å². The van der Waals surface area contributed by atoms with Gasteiger partial charge in [0.25, 0.3) is 0 Å². The van der Waals surface area contributed by atoms with E-state index in [-0.39, 0.29) is 36.0 Å². The minimum atomic E-state index is -0.170. The molecule has 2 rings (SSSR count). The van der Waals surface area contributed by atoms with Crippen LogP contribution in [-0.4, -0.2) is 58.4 Å². The van der Waals surface area contributed by atoms with Gasteiger partial charge in [-0.25, -0.2) is 0 Å². The Morgan fingerprint density at radius 3 is 2.83 bits per heavy atom. The first-order valence-electron chi connectivity index (χ1n) is 9.77. The smallest absolute Gasteiger partial charge is 0.305 e. The van der Waals surface area contributed by atoms with Crippen molar-refractivity contribution in [1.82, 2.24) is 10.6 Å². The number of benzene rings is 1. The zero-order chi connectivity index (χ0) is 20.4. The highest BCUT2D eigenvalue weighted by Crippen LogP contribution is 2.33. The molecule has 0 aromatic heterocycles. The molecule has 1 aliphatic heterocycles. The van der Waals surface area contributed by atoms with Crippen LogP contribution in [0.1, 0.15) is 32.6 Å². The van der Waals surface area contributed by atoms with Gasteiger partial charge in [0, 0.05) is 43.7 Å². The number of anilines is 1. The van der Waals surface area contributed by atoms with Crippen LogP contribution in [0.5, 0.6) is 5.75 Å². The summed E-state index contributed by atoms with van der Waals surface area (Å²) in [6.45, 7) is 5.29. The number of methoxy groups -OCH3 is 2. The van der Waals surface area contributed by atoms with Crippen molar-refractivity contribution >= 4 is 53.2 Å². The number of aliphatic imine (C=N–C) groups is 1. The zero-order valence-corrected chi connectivity index (χ0v) is 20.5. The molecule has 0 spiro atoms. The number of carbonyl (C=O) groups excluding carboxylic acids is 1. The predicted molar refractivity (Wildman–Crippen MR) is 129 cm³/mol. The number of carbonyl (C=O) groups is 1. The molecule has 1 aromatic rings. The monoisotopic (exact) mass is 538 g/mol. The van der Waals surface area contributed by atoms with Gasteiger partial charge in [0.1, 0.15) is 5.75 Å². The molecule has 1 heterocycles. The molecule has 29 heavy (non-hydrogen) atoms. The van der Waals surface area contributed by atoms with Crippen LogP contribution in [0.15, 0.2) is 23.2 Å². The highest BCUT2D eigenvalue weighted by atomic mass is 127. The summed E-state index contributed by atoms with van der Waals surface area (Å²) >= 11 is 6.17. The van der Waals surface area contributed by atoms with E-state index in [0.717, 1.165) is 56.3 Å². The van der Waals surface area contributed by atoms with Gasteiger partial charge >= 0.3 is 5.97 Å². The number of hydrogen-bond donors (Lipinski definition) is 2. The summed E-state index contributed by atoms with van der Waals surface area (Å²) in [6.07, 6.45) is 3.07. The van der Waals surface area contributed by atoms with E-state index in [2.05, 4.69) is 25.3 Å². The number of guanidine groups is 1. The Morgan fingerprint density at radius 2 is 2.14 bits per heavy atom. The summed E-state index contributed by atoms with van der Waals surface area (Å²) < 4.78 is 10.1.